The average molecular weight is 313 g/mol. The number of nitrogens with zero attached hydrogens (tertiary/aromatic N) is 1. The number of sulfonamides is 1. The van der Waals surface area contributed by atoms with Crippen LogP contribution in [-0.4, -0.2) is 53.0 Å². The zero-order valence-electron chi connectivity index (χ0n) is 12.9. The largest absolute Gasteiger partial charge is 0.340 e. The fourth-order valence-electron chi connectivity index (χ4n) is 1.86. The van der Waals surface area contributed by atoms with E-state index in [-0.39, 0.29) is 10.8 Å². The van der Waals surface area contributed by atoms with E-state index in [2.05, 4.69) is 10.0 Å². The minimum Gasteiger partial charge on any atom is -0.340 e. The van der Waals surface area contributed by atoms with Gasteiger partial charge in [-0.05, 0) is 31.7 Å². The van der Waals surface area contributed by atoms with Crippen molar-refractivity contribution in [2.45, 2.75) is 18.7 Å². The number of amides is 1. The molecule has 6 nitrogen and oxygen atoms in total. The number of hydrogen-bond acceptors (Lipinski definition) is 4. The summed E-state index contributed by atoms with van der Waals surface area (Å²) < 4.78 is 26.5. The van der Waals surface area contributed by atoms with E-state index in [1.54, 1.807) is 31.9 Å². The second-order valence-electron chi connectivity index (χ2n) is 4.81. The van der Waals surface area contributed by atoms with Gasteiger partial charge in [0.25, 0.3) is 5.91 Å². The lowest BCUT2D eigenvalue weighted by atomic mass is 10.1. The van der Waals surface area contributed by atoms with Crippen LogP contribution in [0.15, 0.2) is 23.1 Å². The molecule has 0 aliphatic heterocycles. The van der Waals surface area contributed by atoms with E-state index in [0.29, 0.717) is 25.2 Å². The molecule has 1 rings (SSSR count). The standard InChI is InChI=1S/C14H23N3O3S/c1-5-16-21(19,20)12-7-6-11(2)13(10-12)14(18)17(4)9-8-15-3/h6-7,10,15-16H,5,8-9H2,1-4H3. The van der Waals surface area contributed by atoms with Crippen molar-refractivity contribution in [3.8, 4) is 0 Å². The predicted octanol–water partition coefficient (Wildman–Crippen LogP) is 0.585. The summed E-state index contributed by atoms with van der Waals surface area (Å²) in [6.07, 6.45) is 0. The van der Waals surface area contributed by atoms with Gasteiger partial charge in [0, 0.05) is 32.2 Å². The molecule has 0 bridgehead atoms. The maximum absolute atomic E-state index is 12.4. The number of hydrogen-bond donors (Lipinski definition) is 2. The molecular formula is C14H23N3O3S. The van der Waals surface area contributed by atoms with Gasteiger partial charge in [-0.3, -0.25) is 4.79 Å². The fourth-order valence-corrected chi connectivity index (χ4v) is 2.93. The third-order valence-corrected chi connectivity index (χ3v) is 4.67. The number of likely N-dealkylation sites (N-methyl/N-ethyl adjacent to an activating group) is 2. The van der Waals surface area contributed by atoms with Crippen LogP contribution < -0.4 is 10.0 Å². The second kappa shape index (κ2) is 7.53. The molecule has 0 saturated carbocycles. The SMILES string of the molecule is CCNS(=O)(=O)c1ccc(C)c(C(=O)N(C)CCNC)c1. The first-order valence-electron chi connectivity index (χ1n) is 6.84. The Labute approximate surface area is 126 Å². The first-order valence-corrected chi connectivity index (χ1v) is 8.32. The Morgan fingerprint density at radius 3 is 2.57 bits per heavy atom. The molecule has 0 aliphatic rings. The molecule has 0 atom stereocenters. The molecule has 0 radical (unpaired) electrons. The van der Waals surface area contributed by atoms with Crippen LogP contribution in [0, 0.1) is 6.92 Å². The lowest BCUT2D eigenvalue weighted by Crippen LogP contribution is -2.33. The van der Waals surface area contributed by atoms with Crippen molar-refractivity contribution in [1.29, 1.82) is 0 Å². The third kappa shape index (κ3) is 4.52. The van der Waals surface area contributed by atoms with Crippen LogP contribution in [0.3, 0.4) is 0 Å². The maximum Gasteiger partial charge on any atom is 0.253 e. The second-order valence-corrected chi connectivity index (χ2v) is 6.58. The van der Waals surface area contributed by atoms with Gasteiger partial charge in [0.15, 0.2) is 0 Å². The molecule has 0 heterocycles. The molecule has 0 aromatic heterocycles. The van der Waals surface area contributed by atoms with Gasteiger partial charge in [-0.15, -0.1) is 0 Å². The summed E-state index contributed by atoms with van der Waals surface area (Å²) in [5, 5.41) is 2.97. The summed E-state index contributed by atoms with van der Waals surface area (Å²) in [6, 6.07) is 4.60. The number of nitrogens with one attached hydrogen (secondary N) is 2. The van der Waals surface area contributed by atoms with Crippen LogP contribution in [0.5, 0.6) is 0 Å². The Hall–Kier alpha value is -1.44. The zero-order valence-corrected chi connectivity index (χ0v) is 13.8. The summed E-state index contributed by atoms with van der Waals surface area (Å²) in [4.78, 5) is 14.1. The highest BCUT2D eigenvalue weighted by Gasteiger charge is 2.19. The van der Waals surface area contributed by atoms with Gasteiger partial charge in [0.05, 0.1) is 4.90 Å². The van der Waals surface area contributed by atoms with Crippen LogP contribution >= 0.6 is 0 Å². The summed E-state index contributed by atoms with van der Waals surface area (Å²) in [7, 11) is -0.0472. The van der Waals surface area contributed by atoms with Gasteiger partial charge >= 0.3 is 0 Å². The summed E-state index contributed by atoms with van der Waals surface area (Å²) in [6.45, 7) is 5.04. The Bertz CT molecular complexity index is 599. The van der Waals surface area contributed by atoms with E-state index in [0.717, 1.165) is 5.56 Å². The first-order chi connectivity index (χ1) is 9.83. The van der Waals surface area contributed by atoms with Crippen molar-refractivity contribution >= 4 is 15.9 Å². The van der Waals surface area contributed by atoms with Crippen LogP contribution in [0.2, 0.25) is 0 Å². The van der Waals surface area contributed by atoms with Crippen LogP contribution in [-0.2, 0) is 10.0 Å². The van der Waals surface area contributed by atoms with Gasteiger partial charge < -0.3 is 10.2 Å². The Morgan fingerprint density at radius 1 is 1.33 bits per heavy atom. The quantitative estimate of drug-likeness (QED) is 0.772. The highest BCUT2D eigenvalue weighted by Crippen LogP contribution is 2.17. The normalized spacial score (nSPS) is 11.4. The van der Waals surface area contributed by atoms with E-state index in [1.807, 2.05) is 7.05 Å². The molecule has 1 aromatic rings. The predicted molar refractivity (Wildman–Crippen MR) is 82.9 cm³/mol. The Morgan fingerprint density at radius 2 is 2.00 bits per heavy atom. The first kappa shape index (κ1) is 17.6. The fraction of sp³-hybridized carbons (Fsp3) is 0.500. The zero-order chi connectivity index (χ0) is 16.0. The van der Waals surface area contributed by atoms with Crippen molar-refractivity contribution in [2.24, 2.45) is 0 Å². The molecule has 7 heteroatoms. The molecule has 21 heavy (non-hydrogen) atoms. The van der Waals surface area contributed by atoms with E-state index >= 15 is 0 Å². The van der Waals surface area contributed by atoms with E-state index in [1.165, 1.54) is 12.1 Å². The number of benzene rings is 1. The number of rotatable bonds is 7. The van der Waals surface area contributed by atoms with Gasteiger partial charge in [-0.25, -0.2) is 13.1 Å². The van der Waals surface area contributed by atoms with Crippen molar-refractivity contribution in [2.75, 3.05) is 33.7 Å². The Kier molecular flexibility index (Phi) is 6.32. The van der Waals surface area contributed by atoms with Gasteiger partial charge in [0.1, 0.15) is 0 Å². The monoisotopic (exact) mass is 313 g/mol. The van der Waals surface area contributed by atoms with E-state index in [9.17, 15) is 13.2 Å². The lowest BCUT2D eigenvalue weighted by Gasteiger charge is -2.18. The molecular weight excluding hydrogens is 290 g/mol. The van der Waals surface area contributed by atoms with Gasteiger partial charge in [0.2, 0.25) is 10.0 Å². The van der Waals surface area contributed by atoms with Gasteiger partial charge in [-0.2, -0.15) is 0 Å². The molecule has 0 unspecified atom stereocenters. The minimum absolute atomic E-state index is 0.111. The number of carbonyl (C=O) groups is 1. The topological polar surface area (TPSA) is 78.5 Å². The molecule has 118 valence electrons. The van der Waals surface area contributed by atoms with E-state index in [4.69, 9.17) is 0 Å². The van der Waals surface area contributed by atoms with Crippen molar-refractivity contribution in [1.82, 2.24) is 14.9 Å². The van der Waals surface area contributed by atoms with E-state index < -0.39 is 10.0 Å². The molecule has 1 aromatic carbocycles. The lowest BCUT2D eigenvalue weighted by molar-refractivity contribution is 0.0796. The van der Waals surface area contributed by atoms with Crippen LogP contribution in [0.1, 0.15) is 22.8 Å². The average Bonchev–Trinajstić information content (AvgIpc) is 2.44. The molecule has 2 N–H and O–H groups in total. The molecule has 1 amide bonds. The Balaban J connectivity index is 3.11. The van der Waals surface area contributed by atoms with Gasteiger partial charge in [-0.1, -0.05) is 13.0 Å². The highest BCUT2D eigenvalue weighted by atomic mass is 32.2. The number of carbonyl (C=O) groups excluding carboxylic acids is 1. The third-order valence-electron chi connectivity index (χ3n) is 3.13. The molecule has 0 saturated heterocycles. The van der Waals surface area contributed by atoms with Crippen molar-refractivity contribution in [3.05, 3.63) is 29.3 Å². The number of aryl methyl sites for hydroxylation is 1. The van der Waals surface area contributed by atoms with Crippen LogP contribution in [0.4, 0.5) is 0 Å². The molecule has 0 fully saturated rings. The van der Waals surface area contributed by atoms with Crippen molar-refractivity contribution < 1.29 is 13.2 Å². The molecule has 0 aliphatic carbocycles. The molecule has 0 spiro atoms. The summed E-state index contributed by atoms with van der Waals surface area (Å²) >= 11 is 0. The van der Waals surface area contributed by atoms with Crippen LogP contribution in [0.25, 0.3) is 0 Å². The smallest absolute Gasteiger partial charge is 0.253 e. The summed E-state index contributed by atoms with van der Waals surface area (Å²) in [5.74, 6) is -0.184. The maximum atomic E-state index is 12.4. The van der Waals surface area contributed by atoms with Crippen molar-refractivity contribution in [3.63, 3.8) is 0 Å². The highest BCUT2D eigenvalue weighted by molar-refractivity contribution is 7.89. The summed E-state index contributed by atoms with van der Waals surface area (Å²) in [5.41, 5.74) is 1.17. The minimum atomic E-state index is -3.56.